The Morgan fingerprint density at radius 2 is 1.88 bits per heavy atom. The van der Waals surface area contributed by atoms with Gasteiger partial charge in [-0.25, -0.2) is 4.79 Å². The highest BCUT2D eigenvalue weighted by Gasteiger charge is 2.07. The lowest BCUT2D eigenvalue weighted by Gasteiger charge is -2.13. The molecule has 1 rings (SSSR count). The number of nitrogens with one attached hydrogen (secondary N) is 1. The van der Waals surface area contributed by atoms with Crippen LogP contribution in [-0.4, -0.2) is 25.4 Å². The third-order valence-electron chi connectivity index (χ3n) is 2.12. The van der Waals surface area contributed by atoms with Gasteiger partial charge in [0.25, 0.3) is 0 Å². The molecule has 0 aromatic heterocycles. The predicted octanol–water partition coefficient (Wildman–Crippen LogP) is 1.75. The van der Waals surface area contributed by atoms with Gasteiger partial charge in [-0.2, -0.15) is 0 Å². The van der Waals surface area contributed by atoms with Crippen LogP contribution in [0.1, 0.15) is 17.4 Å². The van der Waals surface area contributed by atoms with Crippen molar-refractivity contribution < 1.29 is 19.4 Å². The first kappa shape index (κ1) is 12.5. The second-order valence-electron chi connectivity index (χ2n) is 3.20. The second-order valence-corrected chi connectivity index (χ2v) is 3.20. The van der Waals surface area contributed by atoms with E-state index in [4.69, 9.17) is 14.6 Å². The lowest BCUT2D eigenvalue weighted by molar-refractivity contribution is -0.106. The quantitative estimate of drug-likeness (QED) is 0.749. The predicted molar refractivity (Wildman–Crippen MR) is 58.1 cm³/mol. The first-order chi connectivity index (χ1) is 7.67. The number of methoxy groups -OCH3 is 2. The molecule has 1 aromatic carbocycles. The molecule has 0 aliphatic carbocycles. The average molecular weight is 225 g/mol. The van der Waals surface area contributed by atoms with Gasteiger partial charge in [-0.05, 0) is 5.56 Å². The van der Waals surface area contributed by atoms with Crippen LogP contribution >= 0.6 is 0 Å². The molecular weight excluding hydrogens is 210 g/mol. The molecule has 0 aliphatic rings. The van der Waals surface area contributed by atoms with Crippen molar-refractivity contribution in [2.24, 2.45) is 0 Å². The lowest BCUT2D eigenvalue weighted by Crippen LogP contribution is -2.19. The average Bonchev–Trinajstić information content (AvgIpc) is 2.29. The van der Waals surface area contributed by atoms with Crippen molar-refractivity contribution in [2.75, 3.05) is 14.2 Å². The van der Waals surface area contributed by atoms with Gasteiger partial charge >= 0.3 is 6.09 Å². The Kier molecular flexibility index (Phi) is 4.75. The highest BCUT2D eigenvalue weighted by molar-refractivity contribution is 5.64. The van der Waals surface area contributed by atoms with Gasteiger partial charge in [0.15, 0.2) is 6.29 Å². The molecule has 88 valence electrons. The maximum absolute atomic E-state index is 10.3. The van der Waals surface area contributed by atoms with Crippen LogP contribution in [0, 0.1) is 0 Å². The van der Waals surface area contributed by atoms with Gasteiger partial charge in [0.1, 0.15) is 0 Å². The van der Waals surface area contributed by atoms with E-state index in [9.17, 15) is 4.79 Å². The van der Waals surface area contributed by atoms with Crippen molar-refractivity contribution in [3.8, 4) is 0 Å². The summed E-state index contributed by atoms with van der Waals surface area (Å²) in [4.78, 5) is 10.3. The van der Waals surface area contributed by atoms with Crippen LogP contribution in [0.15, 0.2) is 24.3 Å². The fourth-order valence-corrected chi connectivity index (χ4v) is 1.34. The molecule has 5 heteroatoms. The number of ether oxygens (including phenoxy) is 2. The zero-order valence-electron chi connectivity index (χ0n) is 9.27. The largest absolute Gasteiger partial charge is 0.465 e. The van der Waals surface area contributed by atoms with Crippen LogP contribution < -0.4 is 5.32 Å². The molecule has 0 saturated heterocycles. The Balaban J connectivity index is 2.63. The van der Waals surface area contributed by atoms with Gasteiger partial charge in [-0.1, -0.05) is 24.3 Å². The number of hydrogen-bond donors (Lipinski definition) is 2. The number of amides is 1. The molecule has 0 heterocycles. The molecule has 2 N–H and O–H groups in total. The Labute approximate surface area is 94.0 Å². The zero-order chi connectivity index (χ0) is 12.0. The van der Waals surface area contributed by atoms with E-state index in [1.165, 1.54) is 0 Å². The number of benzene rings is 1. The van der Waals surface area contributed by atoms with Crippen molar-refractivity contribution in [3.05, 3.63) is 35.4 Å². The molecule has 0 aliphatic heterocycles. The Hall–Kier alpha value is -1.59. The van der Waals surface area contributed by atoms with E-state index in [0.717, 1.165) is 11.1 Å². The first-order valence-electron chi connectivity index (χ1n) is 4.78. The van der Waals surface area contributed by atoms with E-state index in [-0.39, 0.29) is 6.29 Å². The molecule has 0 atom stereocenters. The number of hydrogen-bond acceptors (Lipinski definition) is 3. The van der Waals surface area contributed by atoms with Gasteiger partial charge in [0.05, 0.1) is 0 Å². The minimum atomic E-state index is -1.03. The number of carbonyl (C=O) groups is 1. The van der Waals surface area contributed by atoms with Gasteiger partial charge in [0, 0.05) is 26.3 Å². The number of rotatable bonds is 5. The van der Waals surface area contributed by atoms with E-state index in [1.807, 2.05) is 24.3 Å². The second kappa shape index (κ2) is 6.09. The Morgan fingerprint density at radius 1 is 1.31 bits per heavy atom. The smallest absolute Gasteiger partial charge is 0.404 e. The molecule has 0 unspecified atom stereocenters. The Morgan fingerprint density at radius 3 is 2.31 bits per heavy atom. The summed E-state index contributed by atoms with van der Waals surface area (Å²) in [5, 5.41) is 10.7. The van der Waals surface area contributed by atoms with Crippen LogP contribution in [0.25, 0.3) is 0 Å². The van der Waals surface area contributed by atoms with Gasteiger partial charge in [-0.15, -0.1) is 0 Å². The summed E-state index contributed by atoms with van der Waals surface area (Å²) < 4.78 is 10.2. The maximum Gasteiger partial charge on any atom is 0.404 e. The minimum Gasteiger partial charge on any atom is -0.465 e. The molecule has 0 radical (unpaired) electrons. The topological polar surface area (TPSA) is 67.8 Å². The van der Waals surface area contributed by atoms with Crippen LogP contribution in [0.3, 0.4) is 0 Å². The minimum absolute atomic E-state index is 0.292. The van der Waals surface area contributed by atoms with Crippen LogP contribution in [-0.2, 0) is 16.0 Å². The zero-order valence-corrected chi connectivity index (χ0v) is 9.27. The molecule has 16 heavy (non-hydrogen) atoms. The van der Waals surface area contributed by atoms with Crippen molar-refractivity contribution in [1.82, 2.24) is 5.32 Å². The third-order valence-corrected chi connectivity index (χ3v) is 2.12. The first-order valence-corrected chi connectivity index (χ1v) is 4.78. The Bertz CT molecular complexity index is 332. The highest BCUT2D eigenvalue weighted by atomic mass is 16.7. The van der Waals surface area contributed by atoms with E-state index < -0.39 is 6.09 Å². The fourth-order valence-electron chi connectivity index (χ4n) is 1.34. The molecule has 0 bridgehead atoms. The summed E-state index contributed by atoms with van der Waals surface area (Å²) in [6.45, 7) is 0.292. The third kappa shape index (κ3) is 3.52. The van der Waals surface area contributed by atoms with E-state index in [1.54, 1.807) is 14.2 Å². The van der Waals surface area contributed by atoms with Crippen LogP contribution in [0.4, 0.5) is 4.79 Å². The summed E-state index contributed by atoms with van der Waals surface area (Å²) in [5.41, 5.74) is 1.78. The van der Waals surface area contributed by atoms with Crippen LogP contribution in [0.2, 0.25) is 0 Å². The fraction of sp³-hybridized carbons (Fsp3) is 0.364. The van der Waals surface area contributed by atoms with E-state index >= 15 is 0 Å². The van der Waals surface area contributed by atoms with Gasteiger partial charge < -0.3 is 19.9 Å². The summed E-state index contributed by atoms with van der Waals surface area (Å²) in [7, 11) is 3.13. The summed E-state index contributed by atoms with van der Waals surface area (Å²) >= 11 is 0. The standard InChI is InChI=1S/C11H15NO4/c1-15-10(16-2)9-5-3-8(4-6-9)7-12-11(13)14/h3-6,10,12H,7H2,1-2H3,(H,13,14). The van der Waals surface area contributed by atoms with Crippen molar-refractivity contribution in [3.63, 3.8) is 0 Å². The van der Waals surface area contributed by atoms with Crippen molar-refractivity contribution in [2.45, 2.75) is 12.8 Å². The molecule has 0 fully saturated rings. The lowest BCUT2D eigenvalue weighted by atomic mass is 10.1. The van der Waals surface area contributed by atoms with Gasteiger partial charge in [0.2, 0.25) is 0 Å². The summed E-state index contributed by atoms with van der Waals surface area (Å²) in [5.74, 6) is 0. The van der Waals surface area contributed by atoms with Crippen molar-refractivity contribution >= 4 is 6.09 Å². The molecule has 1 amide bonds. The van der Waals surface area contributed by atoms with Crippen LogP contribution in [0.5, 0.6) is 0 Å². The summed E-state index contributed by atoms with van der Waals surface area (Å²) in [6.07, 6.45) is -1.42. The highest BCUT2D eigenvalue weighted by Crippen LogP contribution is 2.17. The van der Waals surface area contributed by atoms with E-state index in [2.05, 4.69) is 5.32 Å². The number of carboxylic acid groups (broad SMARTS) is 1. The monoisotopic (exact) mass is 225 g/mol. The normalized spacial score (nSPS) is 10.4. The van der Waals surface area contributed by atoms with E-state index in [0.29, 0.717) is 6.54 Å². The molecule has 0 spiro atoms. The maximum atomic E-state index is 10.3. The van der Waals surface area contributed by atoms with Gasteiger partial charge in [-0.3, -0.25) is 0 Å². The molecular formula is C11H15NO4. The molecule has 5 nitrogen and oxygen atoms in total. The molecule has 0 saturated carbocycles. The summed E-state index contributed by atoms with van der Waals surface area (Å²) in [6, 6.07) is 7.35. The molecule has 1 aromatic rings. The van der Waals surface area contributed by atoms with Crippen molar-refractivity contribution in [1.29, 1.82) is 0 Å². The SMILES string of the molecule is COC(OC)c1ccc(CNC(=O)O)cc1.